The molecule has 6 nitrogen and oxygen atoms in total. The van der Waals surface area contributed by atoms with E-state index in [1.54, 1.807) is 18.2 Å². The molecular formula is C12H11FN4O2S. The van der Waals surface area contributed by atoms with Gasteiger partial charge in [0.1, 0.15) is 5.82 Å². The second-order valence-electron chi connectivity index (χ2n) is 3.95. The maximum Gasteiger partial charge on any atom is 0.270 e. The number of amides is 2. The number of primary amides is 1. The first-order chi connectivity index (χ1) is 9.58. The summed E-state index contributed by atoms with van der Waals surface area (Å²) in [5.74, 6) is -1.47. The van der Waals surface area contributed by atoms with E-state index in [-0.39, 0.29) is 30.4 Å². The van der Waals surface area contributed by atoms with E-state index in [4.69, 9.17) is 5.73 Å². The van der Waals surface area contributed by atoms with Crippen LogP contribution in [0.4, 0.5) is 4.39 Å². The third kappa shape index (κ3) is 3.35. The first kappa shape index (κ1) is 14.1. The molecular weight excluding hydrogens is 283 g/mol. The summed E-state index contributed by atoms with van der Waals surface area (Å²) in [6.07, 6.45) is -0.0651. The summed E-state index contributed by atoms with van der Waals surface area (Å²) in [7, 11) is 0. The molecule has 3 N–H and O–H groups in total. The molecule has 0 radical (unpaired) electrons. The Labute approximate surface area is 118 Å². The predicted octanol–water partition coefficient (Wildman–Crippen LogP) is 0.635. The summed E-state index contributed by atoms with van der Waals surface area (Å²) in [5, 5.41) is 6.12. The number of rotatable bonds is 5. The highest BCUT2D eigenvalue weighted by Crippen LogP contribution is 2.11. The number of nitrogens with one attached hydrogen (secondary N) is 1. The number of aromatic nitrogens is 2. The van der Waals surface area contributed by atoms with Crippen molar-refractivity contribution in [2.24, 2.45) is 5.73 Å². The first-order valence-electron chi connectivity index (χ1n) is 5.69. The van der Waals surface area contributed by atoms with Crippen molar-refractivity contribution < 1.29 is 14.0 Å². The summed E-state index contributed by atoms with van der Waals surface area (Å²) in [4.78, 5) is 23.2. The lowest BCUT2D eigenvalue weighted by molar-refractivity contribution is -0.120. The van der Waals surface area contributed by atoms with Gasteiger partial charge in [-0.1, -0.05) is 22.7 Å². The van der Waals surface area contributed by atoms with Gasteiger partial charge in [0.2, 0.25) is 5.91 Å². The Bertz CT molecular complexity index is 644. The Hall–Kier alpha value is -2.35. The van der Waals surface area contributed by atoms with Crippen molar-refractivity contribution >= 4 is 23.3 Å². The lowest BCUT2D eigenvalue weighted by Gasteiger charge is -2.05. The minimum Gasteiger partial charge on any atom is -0.364 e. The lowest BCUT2D eigenvalue weighted by atomic mass is 10.2. The van der Waals surface area contributed by atoms with Crippen LogP contribution in [0, 0.1) is 5.82 Å². The van der Waals surface area contributed by atoms with Gasteiger partial charge >= 0.3 is 0 Å². The van der Waals surface area contributed by atoms with Crippen LogP contribution < -0.4 is 11.1 Å². The minimum absolute atomic E-state index is 0.00367. The minimum atomic E-state index is -0.726. The molecule has 0 saturated carbocycles. The van der Waals surface area contributed by atoms with Crippen LogP contribution in [0.2, 0.25) is 0 Å². The fraction of sp³-hybridized carbons (Fsp3) is 0.167. The Morgan fingerprint density at radius 3 is 2.80 bits per heavy atom. The van der Waals surface area contributed by atoms with Crippen molar-refractivity contribution in [2.45, 2.75) is 13.0 Å². The topological polar surface area (TPSA) is 98.0 Å². The number of halogens is 1. The standard InChI is InChI=1S/C12H11FN4O2S/c13-8-4-2-1-3-7(8)6-15-10(18)5-9-11(12(14)19)16-17-20-9/h1-4H,5-6H2,(H2,14,19)(H,15,18). The smallest absolute Gasteiger partial charge is 0.270 e. The van der Waals surface area contributed by atoms with Gasteiger partial charge in [-0.05, 0) is 17.6 Å². The van der Waals surface area contributed by atoms with Crippen LogP contribution in [-0.4, -0.2) is 21.4 Å². The quantitative estimate of drug-likeness (QED) is 0.845. The zero-order valence-corrected chi connectivity index (χ0v) is 11.1. The molecule has 0 atom stereocenters. The van der Waals surface area contributed by atoms with E-state index in [0.29, 0.717) is 10.4 Å². The highest BCUT2D eigenvalue weighted by molar-refractivity contribution is 7.06. The molecule has 0 fully saturated rings. The van der Waals surface area contributed by atoms with E-state index in [9.17, 15) is 14.0 Å². The zero-order valence-electron chi connectivity index (χ0n) is 10.3. The van der Waals surface area contributed by atoms with Crippen LogP contribution in [0.1, 0.15) is 20.9 Å². The summed E-state index contributed by atoms with van der Waals surface area (Å²) >= 11 is 0.934. The van der Waals surface area contributed by atoms with Gasteiger partial charge in [0, 0.05) is 12.1 Å². The van der Waals surface area contributed by atoms with Gasteiger partial charge in [0.05, 0.1) is 11.3 Å². The molecule has 0 saturated heterocycles. The molecule has 0 bridgehead atoms. The monoisotopic (exact) mass is 294 g/mol. The highest BCUT2D eigenvalue weighted by atomic mass is 32.1. The molecule has 0 unspecified atom stereocenters. The Morgan fingerprint density at radius 2 is 2.10 bits per heavy atom. The molecule has 0 aliphatic rings. The van der Waals surface area contributed by atoms with Crippen molar-refractivity contribution in [3.63, 3.8) is 0 Å². The number of benzene rings is 1. The summed E-state index contributed by atoms with van der Waals surface area (Å²) in [5.41, 5.74) is 5.49. The normalized spacial score (nSPS) is 10.2. The largest absolute Gasteiger partial charge is 0.364 e. The maximum absolute atomic E-state index is 13.4. The maximum atomic E-state index is 13.4. The second-order valence-corrected chi connectivity index (χ2v) is 4.79. The van der Waals surface area contributed by atoms with Crippen molar-refractivity contribution in [3.8, 4) is 0 Å². The first-order valence-corrected chi connectivity index (χ1v) is 6.46. The average molecular weight is 294 g/mol. The zero-order chi connectivity index (χ0) is 14.5. The van der Waals surface area contributed by atoms with E-state index in [1.165, 1.54) is 6.07 Å². The molecule has 2 amide bonds. The van der Waals surface area contributed by atoms with Gasteiger partial charge in [-0.3, -0.25) is 9.59 Å². The Balaban J connectivity index is 1.95. The Kier molecular flexibility index (Phi) is 4.36. The lowest BCUT2D eigenvalue weighted by Crippen LogP contribution is -2.26. The number of hydrogen-bond donors (Lipinski definition) is 2. The van der Waals surface area contributed by atoms with E-state index in [1.807, 2.05) is 0 Å². The third-order valence-electron chi connectivity index (χ3n) is 2.54. The SMILES string of the molecule is NC(=O)c1nnsc1CC(=O)NCc1ccccc1F. The average Bonchev–Trinajstić information content (AvgIpc) is 2.86. The summed E-state index contributed by atoms with van der Waals surface area (Å²) in [6.45, 7) is 0.0731. The second kappa shape index (κ2) is 6.20. The molecule has 1 aromatic heterocycles. The van der Waals surface area contributed by atoms with Crippen molar-refractivity contribution in [3.05, 3.63) is 46.2 Å². The van der Waals surface area contributed by atoms with Gasteiger partial charge < -0.3 is 11.1 Å². The number of nitrogens with zero attached hydrogens (tertiary/aromatic N) is 2. The molecule has 1 heterocycles. The highest BCUT2D eigenvalue weighted by Gasteiger charge is 2.16. The molecule has 2 aromatic rings. The molecule has 8 heteroatoms. The number of hydrogen-bond acceptors (Lipinski definition) is 5. The number of carbonyl (C=O) groups excluding carboxylic acids is 2. The van der Waals surface area contributed by atoms with Crippen LogP contribution in [0.15, 0.2) is 24.3 Å². The summed E-state index contributed by atoms with van der Waals surface area (Å²) < 4.78 is 16.9. The fourth-order valence-electron chi connectivity index (χ4n) is 1.56. The van der Waals surface area contributed by atoms with Crippen LogP contribution >= 0.6 is 11.5 Å². The van der Waals surface area contributed by atoms with E-state index >= 15 is 0 Å². The van der Waals surface area contributed by atoms with Crippen molar-refractivity contribution in [2.75, 3.05) is 0 Å². The van der Waals surface area contributed by atoms with E-state index in [0.717, 1.165) is 11.5 Å². The van der Waals surface area contributed by atoms with Crippen LogP contribution in [-0.2, 0) is 17.8 Å². The van der Waals surface area contributed by atoms with Gasteiger partial charge in [0.25, 0.3) is 5.91 Å². The summed E-state index contributed by atoms with van der Waals surface area (Å²) in [6, 6.07) is 6.16. The van der Waals surface area contributed by atoms with E-state index in [2.05, 4.69) is 14.9 Å². The molecule has 104 valence electrons. The van der Waals surface area contributed by atoms with Crippen LogP contribution in [0.5, 0.6) is 0 Å². The fourth-order valence-corrected chi connectivity index (χ4v) is 2.20. The van der Waals surface area contributed by atoms with Crippen molar-refractivity contribution in [1.82, 2.24) is 14.9 Å². The molecule has 0 aliphatic heterocycles. The van der Waals surface area contributed by atoms with Gasteiger partial charge in [-0.2, -0.15) is 0 Å². The Morgan fingerprint density at radius 1 is 1.35 bits per heavy atom. The number of nitrogens with two attached hydrogens (primary N) is 1. The number of carbonyl (C=O) groups is 2. The third-order valence-corrected chi connectivity index (χ3v) is 3.27. The molecule has 1 aromatic carbocycles. The van der Waals surface area contributed by atoms with E-state index < -0.39 is 5.91 Å². The molecule has 2 rings (SSSR count). The van der Waals surface area contributed by atoms with Crippen LogP contribution in [0.3, 0.4) is 0 Å². The van der Waals surface area contributed by atoms with Gasteiger partial charge in [-0.25, -0.2) is 4.39 Å². The van der Waals surface area contributed by atoms with Crippen LogP contribution in [0.25, 0.3) is 0 Å². The molecule has 0 spiro atoms. The predicted molar refractivity (Wildman–Crippen MR) is 70.4 cm³/mol. The van der Waals surface area contributed by atoms with Crippen molar-refractivity contribution in [1.29, 1.82) is 0 Å². The molecule has 0 aliphatic carbocycles. The van der Waals surface area contributed by atoms with Gasteiger partial charge in [0.15, 0.2) is 5.69 Å². The molecule has 20 heavy (non-hydrogen) atoms. The van der Waals surface area contributed by atoms with Gasteiger partial charge in [-0.15, -0.1) is 5.10 Å².